The van der Waals surface area contributed by atoms with Crippen LogP contribution < -0.4 is 27.5 Å². The first-order valence-electron chi connectivity index (χ1n) is 9.91. The van der Waals surface area contributed by atoms with Gasteiger partial charge < -0.3 is 22.2 Å². The van der Waals surface area contributed by atoms with Gasteiger partial charge in [0.05, 0.1) is 11.6 Å². The van der Waals surface area contributed by atoms with Crippen LogP contribution in [0.1, 0.15) is 43.7 Å². The number of hydrogen-bond acceptors (Lipinski definition) is 8. The van der Waals surface area contributed by atoms with Crippen molar-refractivity contribution in [2.75, 3.05) is 0 Å². The highest BCUT2D eigenvalue weighted by Gasteiger charge is 2.29. The number of benzene rings is 1. The first-order valence-corrected chi connectivity index (χ1v) is 9.91. The zero-order valence-electron chi connectivity index (χ0n) is 16.1. The van der Waals surface area contributed by atoms with Crippen molar-refractivity contribution in [3.05, 3.63) is 47.2 Å². The quantitative estimate of drug-likeness (QED) is 0.476. The zero-order chi connectivity index (χ0) is 20.2. The molecule has 0 aromatic heterocycles. The molecule has 0 saturated heterocycles. The number of hydrazone groups is 1. The van der Waals surface area contributed by atoms with Gasteiger partial charge in [0, 0.05) is 12.5 Å². The molecule has 9 nitrogen and oxygen atoms in total. The van der Waals surface area contributed by atoms with E-state index in [-0.39, 0.29) is 17.6 Å². The van der Waals surface area contributed by atoms with Gasteiger partial charge in [-0.15, -0.1) is 0 Å². The Labute approximate surface area is 169 Å². The summed E-state index contributed by atoms with van der Waals surface area (Å²) in [7, 11) is 0. The molecule has 9 heteroatoms. The Kier molecular flexibility index (Phi) is 5.57. The summed E-state index contributed by atoms with van der Waals surface area (Å²) < 4.78 is 0. The Morgan fingerprint density at radius 1 is 1.17 bits per heavy atom. The van der Waals surface area contributed by atoms with Crippen molar-refractivity contribution in [1.29, 1.82) is 0 Å². The van der Waals surface area contributed by atoms with Gasteiger partial charge >= 0.3 is 0 Å². The van der Waals surface area contributed by atoms with Crippen LogP contribution in [0.4, 0.5) is 0 Å². The van der Waals surface area contributed by atoms with Crippen LogP contribution in [0.2, 0.25) is 0 Å². The zero-order valence-corrected chi connectivity index (χ0v) is 16.1. The van der Waals surface area contributed by atoms with Crippen molar-refractivity contribution in [1.82, 2.24) is 16.1 Å². The van der Waals surface area contributed by atoms with E-state index in [0.717, 1.165) is 18.4 Å². The van der Waals surface area contributed by atoms with Crippen molar-refractivity contribution < 1.29 is 4.79 Å². The number of amidine groups is 2. The third kappa shape index (κ3) is 4.29. The molecule has 1 amide bonds. The number of carbonyl (C=O) groups is 1. The van der Waals surface area contributed by atoms with E-state index < -0.39 is 12.1 Å². The molecule has 1 aliphatic carbocycles. The largest absolute Gasteiger partial charge is 0.394 e. The summed E-state index contributed by atoms with van der Waals surface area (Å²) in [4.78, 5) is 21.2. The predicted molar refractivity (Wildman–Crippen MR) is 113 cm³/mol. The van der Waals surface area contributed by atoms with E-state index in [1.54, 1.807) is 0 Å². The summed E-state index contributed by atoms with van der Waals surface area (Å²) in [6, 6.07) is 10.3. The van der Waals surface area contributed by atoms with E-state index in [1.807, 2.05) is 30.3 Å². The van der Waals surface area contributed by atoms with Gasteiger partial charge in [0.2, 0.25) is 0 Å². The van der Waals surface area contributed by atoms with E-state index in [9.17, 15) is 4.79 Å². The highest BCUT2D eigenvalue weighted by atomic mass is 16.2. The molecule has 2 heterocycles. The van der Waals surface area contributed by atoms with E-state index in [2.05, 4.69) is 31.1 Å². The van der Waals surface area contributed by atoms with E-state index in [0.29, 0.717) is 23.9 Å². The smallest absolute Gasteiger partial charge is 0.273 e. The Hall–Kier alpha value is -3.20. The number of aliphatic imine (C=N–C) groups is 2. The molecule has 152 valence electrons. The topological polar surface area (TPSA) is 142 Å². The van der Waals surface area contributed by atoms with Crippen molar-refractivity contribution in [2.24, 2.45) is 26.6 Å². The van der Waals surface area contributed by atoms with Crippen LogP contribution in [0, 0.1) is 0 Å². The standard InChI is InChI=1S/C20H26N8O/c21-17(16-18(22)23-11-24-19(16)25-13-8-4-5-9-13)20(29)26-15-10-14(27-28-15)12-6-2-1-3-7-12/h1-3,6-7,11,13-14,19,25,27H,4-5,8-10,21H2,(H2,22,23,24)(H,26,28,29). The molecule has 2 aliphatic heterocycles. The normalized spacial score (nSPS) is 25.9. The molecule has 1 saturated carbocycles. The molecule has 2 unspecified atom stereocenters. The average Bonchev–Trinajstić information content (AvgIpc) is 3.40. The molecular weight excluding hydrogens is 368 g/mol. The minimum atomic E-state index is -0.470. The lowest BCUT2D eigenvalue weighted by molar-refractivity contribution is -0.116. The number of carbonyl (C=O) groups excluding carboxylic acids is 1. The molecule has 4 rings (SSSR count). The minimum absolute atomic E-state index is 0.00413. The van der Waals surface area contributed by atoms with Gasteiger partial charge in [0.1, 0.15) is 29.9 Å². The maximum Gasteiger partial charge on any atom is 0.273 e. The molecule has 1 aromatic carbocycles. The Balaban J connectivity index is 1.44. The molecule has 2 atom stereocenters. The van der Waals surface area contributed by atoms with E-state index in [1.165, 1.54) is 19.2 Å². The van der Waals surface area contributed by atoms with E-state index >= 15 is 0 Å². The SMILES string of the molecule is NC1=NC=NC(NC2CCCC2)C1=C(N)C(=O)NC1=NNC(c2ccccc2)C1. The number of hydrogen-bond donors (Lipinski definition) is 5. The van der Waals surface area contributed by atoms with Crippen LogP contribution in [-0.2, 0) is 4.79 Å². The van der Waals surface area contributed by atoms with Crippen LogP contribution in [0.25, 0.3) is 0 Å². The maximum absolute atomic E-state index is 12.8. The third-order valence-corrected chi connectivity index (χ3v) is 5.46. The van der Waals surface area contributed by atoms with Gasteiger partial charge in [-0.1, -0.05) is 43.2 Å². The van der Waals surface area contributed by atoms with Crippen LogP contribution in [-0.4, -0.2) is 36.1 Å². The minimum Gasteiger partial charge on any atom is -0.394 e. The van der Waals surface area contributed by atoms with Crippen molar-refractivity contribution in [3.8, 4) is 0 Å². The summed E-state index contributed by atoms with van der Waals surface area (Å²) in [5.74, 6) is 0.280. The summed E-state index contributed by atoms with van der Waals surface area (Å²) >= 11 is 0. The van der Waals surface area contributed by atoms with Gasteiger partial charge in [-0.2, -0.15) is 5.10 Å². The third-order valence-electron chi connectivity index (χ3n) is 5.46. The number of nitrogens with two attached hydrogens (primary N) is 2. The van der Waals surface area contributed by atoms with Crippen molar-refractivity contribution in [2.45, 2.75) is 50.4 Å². The lowest BCUT2D eigenvalue weighted by Gasteiger charge is -2.25. The molecule has 0 spiro atoms. The molecule has 1 fully saturated rings. The number of nitrogens with zero attached hydrogens (tertiary/aromatic N) is 3. The Bertz CT molecular complexity index is 883. The van der Waals surface area contributed by atoms with Crippen LogP contribution >= 0.6 is 0 Å². The Morgan fingerprint density at radius 2 is 1.93 bits per heavy atom. The number of nitrogens with one attached hydrogen (secondary N) is 3. The lowest BCUT2D eigenvalue weighted by Crippen LogP contribution is -2.45. The second-order valence-corrected chi connectivity index (χ2v) is 7.47. The molecule has 1 aromatic rings. The van der Waals surface area contributed by atoms with Crippen molar-refractivity contribution in [3.63, 3.8) is 0 Å². The second kappa shape index (κ2) is 8.44. The number of amides is 1. The fourth-order valence-corrected chi connectivity index (χ4v) is 3.89. The van der Waals surface area contributed by atoms with Crippen LogP contribution in [0.5, 0.6) is 0 Å². The fourth-order valence-electron chi connectivity index (χ4n) is 3.89. The predicted octanol–water partition coefficient (Wildman–Crippen LogP) is 0.621. The van der Waals surface area contributed by atoms with E-state index in [4.69, 9.17) is 11.5 Å². The van der Waals surface area contributed by atoms with Gasteiger partial charge in [0.25, 0.3) is 5.91 Å². The monoisotopic (exact) mass is 394 g/mol. The first kappa shape index (κ1) is 19.1. The summed E-state index contributed by atoms with van der Waals surface area (Å²) in [6.45, 7) is 0. The molecule has 29 heavy (non-hydrogen) atoms. The first-order chi connectivity index (χ1) is 14.1. The van der Waals surface area contributed by atoms with Gasteiger partial charge in [-0.3, -0.25) is 10.1 Å². The molecule has 0 bridgehead atoms. The summed E-state index contributed by atoms with van der Waals surface area (Å²) in [6.07, 6.45) is 6.01. The highest BCUT2D eigenvalue weighted by Crippen LogP contribution is 2.22. The molecule has 3 aliphatic rings. The van der Waals surface area contributed by atoms with Gasteiger partial charge in [-0.05, 0) is 18.4 Å². The lowest BCUT2D eigenvalue weighted by atomic mass is 10.0. The van der Waals surface area contributed by atoms with Crippen LogP contribution in [0.3, 0.4) is 0 Å². The fraction of sp³-hybridized carbons (Fsp3) is 0.400. The summed E-state index contributed by atoms with van der Waals surface area (Å²) in [5.41, 5.74) is 16.8. The summed E-state index contributed by atoms with van der Waals surface area (Å²) in [5, 5.41) is 10.5. The molecular formula is C20H26N8O. The van der Waals surface area contributed by atoms with Gasteiger partial charge in [-0.25, -0.2) is 9.98 Å². The van der Waals surface area contributed by atoms with Crippen LogP contribution in [0.15, 0.2) is 56.7 Å². The second-order valence-electron chi connectivity index (χ2n) is 7.47. The van der Waals surface area contributed by atoms with Crippen molar-refractivity contribution >= 4 is 23.9 Å². The van der Waals surface area contributed by atoms with Gasteiger partial charge in [0.15, 0.2) is 0 Å². The maximum atomic E-state index is 12.8. The highest BCUT2D eigenvalue weighted by molar-refractivity contribution is 6.13. The molecule has 7 N–H and O–H groups in total. The molecule has 0 radical (unpaired) electrons. The Morgan fingerprint density at radius 3 is 2.69 bits per heavy atom. The average molecular weight is 394 g/mol. The number of rotatable bonds is 4.